The summed E-state index contributed by atoms with van der Waals surface area (Å²) >= 11 is 0. The van der Waals surface area contributed by atoms with Crippen LogP contribution in [0, 0.1) is 0 Å². The highest BCUT2D eigenvalue weighted by Gasteiger charge is 1.97. The van der Waals surface area contributed by atoms with Gasteiger partial charge in [0.15, 0.2) is 5.82 Å². The van der Waals surface area contributed by atoms with Crippen LogP contribution in [-0.4, -0.2) is 15.6 Å². The predicted molar refractivity (Wildman–Crippen MR) is 49.0 cm³/mol. The molecule has 12 heavy (non-hydrogen) atoms. The highest BCUT2D eigenvalue weighted by Crippen LogP contribution is 2.13. The normalized spacial score (nSPS) is 11.4. The highest BCUT2D eigenvalue weighted by atomic mass is 15.1. The molecule has 0 aromatic carbocycles. The molecule has 0 bridgehead atoms. The number of imidazole rings is 1. The second-order valence-corrected chi connectivity index (χ2v) is 2.43. The van der Waals surface area contributed by atoms with Crippen LogP contribution in [0.1, 0.15) is 6.92 Å². The molecule has 0 aliphatic heterocycles. The molecule has 0 saturated heterocycles. The maximum absolute atomic E-state index is 4.19. The lowest BCUT2D eigenvalue weighted by Crippen LogP contribution is -1.80. The Kier molecular flexibility index (Phi) is 1.63. The van der Waals surface area contributed by atoms with Gasteiger partial charge in [0.2, 0.25) is 0 Å². The Morgan fingerprint density at radius 2 is 2.42 bits per heavy atom. The Hall–Kier alpha value is -1.64. The van der Waals surface area contributed by atoms with Crippen molar-refractivity contribution >= 4 is 17.7 Å². The Balaban J connectivity index is 2.70. The highest BCUT2D eigenvalue weighted by molar-refractivity contribution is 5.60. The molecule has 2 heterocycles. The average Bonchev–Trinajstić information content (AvgIpc) is 2.50. The summed E-state index contributed by atoms with van der Waals surface area (Å²) in [4.78, 5) is 8.36. The smallest absolute Gasteiger partial charge is 0.156 e. The lowest BCUT2D eigenvalue weighted by Gasteiger charge is -1.92. The quantitative estimate of drug-likeness (QED) is 0.585. The van der Waals surface area contributed by atoms with Gasteiger partial charge in [0.25, 0.3) is 0 Å². The molecule has 2 aromatic rings. The van der Waals surface area contributed by atoms with Crippen LogP contribution >= 0.6 is 0 Å². The molecule has 0 radical (unpaired) electrons. The number of hydrogen-bond donors (Lipinski definition) is 0. The van der Waals surface area contributed by atoms with Crippen molar-refractivity contribution in [2.45, 2.75) is 6.92 Å². The van der Waals surface area contributed by atoms with Crippen molar-refractivity contribution < 1.29 is 0 Å². The molecule has 3 heteroatoms. The minimum atomic E-state index is 0.869. The summed E-state index contributed by atoms with van der Waals surface area (Å²) in [6.07, 6.45) is 5.47. The fourth-order valence-electron chi connectivity index (χ4n) is 1.15. The van der Waals surface area contributed by atoms with E-state index in [4.69, 9.17) is 0 Å². The summed E-state index contributed by atoms with van der Waals surface area (Å²) in [6.45, 7) is 1.89. The molecular formula is C9H9N3. The molecule has 60 valence electrons. The first kappa shape index (κ1) is 7.03. The van der Waals surface area contributed by atoms with Gasteiger partial charge in [0, 0.05) is 12.4 Å². The molecule has 0 fully saturated rings. The van der Waals surface area contributed by atoms with Gasteiger partial charge in [-0.25, -0.2) is 9.98 Å². The molecule has 0 unspecified atom stereocenters. The fourth-order valence-corrected chi connectivity index (χ4v) is 1.15. The van der Waals surface area contributed by atoms with Crippen molar-refractivity contribution in [1.29, 1.82) is 0 Å². The van der Waals surface area contributed by atoms with E-state index < -0.39 is 0 Å². The Labute approximate surface area is 70.4 Å². The third-order valence-corrected chi connectivity index (χ3v) is 1.66. The number of hydrogen-bond acceptors (Lipinski definition) is 2. The van der Waals surface area contributed by atoms with Crippen LogP contribution in [0.25, 0.3) is 5.65 Å². The van der Waals surface area contributed by atoms with E-state index in [1.165, 1.54) is 0 Å². The number of aromatic nitrogens is 2. The zero-order chi connectivity index (χ0) is 8.39. The van der Waals surface area contributed by atoms with E-state index in [9.17, 15) is 0 Å². The van der Waals surface area contributed by atoms with E-state index in [1.54, 1.807) is 12.4 Å². The summed E-state index contributed by atoms with van der Waals surface area (Å²) in [5, 5.41) is 0. The summed E-state index contributed by atoms with van der Waals surface area (Å²) in [6, 6.07) is 5.87. The number of rotatable bonds is 1. The largest absolute Gasteiger partial charge is 0.285 e. The van der Waals surface area contributed by atoms with Crippen molar-refractivity contribution in [2.75, 3.05) is 0 Å². The van der Waals surface area contributed by atoms with Gasteiger partial charge < -0.3 is 0 Å². The first-order chi connectivity index (χ1) is 5.92. The van der Waals surface area contributed by atoms with E-state index in [2.05, 4.69) is 9.98 Å². The molecular weight excluding hydrogens is 150 g/mol. The predicted octanol–water partition coefficient (Wildman–Crippen LogP) is 2.06. The number of fused-ring (bicyclic) bond motifs is 1. The van der Waals surface area contributed by atoms with Gasteiger partial charge in [0.05, 0.1) is 6.20 Å². The molecule has 0 atom stereocenters. The Morgan fingerprint density at radius 3 is 3.25 bits per heavy atom. The van der Waals surface area contributed by atoms with Gasteiger partial charge in [-0.2, -0.15) is 0 Å². The average molecular weight is 159 g/mol. The molecule has 0 saturated carbocycles. The van der Waals surface area contributed by atoms with E-state index in [0.717, 1.165) is 11.5 Å². The summed E-state index contributed by atoms with van der Waals surface area (Å²) < 4.78 is 1.94. The standard InChI is InChI=1S/C9H9N3/c1-2-10-9-7-11-8-5-3-4-6-12(8)9/h2-7H,1H3/b10-2+. The Bertz CT molecular complexity index is 414. The van der Waals surface area contributed by atoms with Gasteiger partial charge in [-0.3, -0.25) is 4.40 Å². The molecule has 0 aliphatic carbocycles. The summed E-state index contributed by atoms with van der Waals surface area (Å²) in [5.41, 5.74) is 0.929. The maximum Gasteiger partial charge on any atom is 0.156 e. The van der Waals surface area contributed by atoms with Gasteiger partial charge in [-0.05, 0) is 19.1 Å². The van der Waals surface area contributed by atoms with Crippen molar-refractivity contribution in [3.63, 3.8) is 0 Å². The number of nitrogens with zero attached hydrogens (tertiary/aromatic N) is 3. The van der Waals surface area contributed by atoms with Crippen molar-refractivity contribution in [3.8, 4) is 0 Å². The van der Waals surface area contributed by atoms with Crippen LogP contribution in [0.2, 0.25) is 0 Å². The monoisotopic (exact) mass is 159 g/mol. The van der Waals surface area contributed by atoms with E-state index in [-0.39, 0.29) is 0 Å². The van der Waals surface area contributed by atoms with Gasteiger partial charge in [0.1, 0.15) is 5.65 Å². The summed E-state index contributed by atoms with van der Waals surface area (Å²) in [7, 11) is 0. The summed E-state index contributed by atoms with van der Waals surface area (Å²) in [5.74, 6) is 0.869. The van der Waals surface area contributed by atoms with Crippen LogP contribution in [0.15, 0.2) is 35.6 Å². The second kappa shape index (κ2) is 2.77. The van der Waals surface area contributed by atoms with Crippen molar-refractivity contribution in [1.82, 2.24) is 9.38 Å². The molecule has 0 spiro atoms. The lowest BCUT2D eigenvalue weighted by molar-refractivity contribution is 1.17. The first-order valence-electron chi connectivity index (χ1n) is 3.82. The van der Waals surface area contributed by atoms with Crippen LogP contribution in [-0.2, 0) is 0 Å². The van der Waals surface area contributed by atoms with E-state index >= 15 is 0 Å². The van der Waals surface area contributed by atoms with Gasteiger partial charge >= 0.3 is 0 Å². The molecule has 0 N–H and O–H groups in total. The molecule has 2 aromatic heterocycles. The van der Waals surface area contributed by atoms with Crippen LogP contribution < -0.4 is 0 Å². The Morgan fingerprint density at radius 1 is 1.50 bits per heavy atom. The topological polar surface area (TPSA) is 29.7 Å². The minimum absolute atomic E-state index is 0.869. The second-order valence-electron chi connectivity index (χ2n) is 2.43. The van der Waals surface area contributed by atoms with Gasteiger partial charge in [-0.15, -0.1) is 0 Å². The third-order valence-electron chi connectivity index (χ3n) is 1.66. The fraction of sp³-hybridized carbons (Fsp3) is 0.111. The zero-order valence-electron chi connectivity index (χ0n) is 6.81. The van der Waals surface area contributed by atoms with Crippen LogP contribution in [0.4, 0.5) is 5.82 Å². The molecule has 2 rings (SSSR count). The number of pyridine rings is 1. The van der Waals surface area contributed by atoms with Crippen LogP contribution in [0.3, 0.4) is 0 Å². The molecule has 0 aliphatic rings. The van der Waals surface area contributed by atoms with E-state index in [1.807, 2.05) is 35.7 Å². The molecule has 3 nitrogen and oxygen atoms in total. The third kappa shape index (κ3) is 0.993. The molecule has 0 amide bonds. The van der Waals surface area contributed by atoms with Gasteiger partial charge in [-0.1, -0.05) is 6.07 Å². The first-order valence-corrected chi connectivity index (χ1v) is 3.82. The van der Waals surface area contributed by atoms with Crippen molar-refractivity contribution in [2.24, 2.45) is 4.99 Å². The SMILES string of the molecule is C/C=N/c1cnc2ccccn12. The van der Waals surface area contributed by atoms with Crippen LogP contribution in [0.5, 0.6) is 0 Å². The lowest BCUT2D eigenvalue weighted by atomic mass is 10.5. The minimum Gasteiger partial charge on any atom is -0.285 e. The zero-order valence-corrected chi connectivity index (χ0v) is 6.81. The van der Waals surface area contributed by atoms with E-state index in [0.29, 0.717) is 0 Å². The number of aliphatic imine (C=N–C) groups is 1. The van der Waals surface area contributed by atoms with Crippen molar-refractivity contribution in [3.05, 3.63) is 30.6 Å². The maximum atomic E-state index is 4.19.